The van der Waals surface area contributed by atoms with Gasteiger partial charge in [-0.3, -0.25) is 4.79 Å². The van der Waals surface area contributed by atoms with E-state index in [9.17, 15) is 4.79 Å². The van der Waals surface area contributed by atoms with Crippen LogP contribution in [0.2, 0.25) is 0 Å². The van der Waals surface area contributed by atoms with Crippen LogP contribution in [0.15, 0.2) is 58.8 Å². The maximum atomic E-state index is 12.0. The molecule has 5 nitrogen and oxygen atoms in total. The van der Waals surface area contributed by atoms with Gasteiger partial charge in [0.2, 0.25) is 0 Å². The predicted molar refractivity (Wildman–Crippen MR) is 89.1 cm³/mol. The molecule has 0 radical (unpaired) electrons. The van der Waals surface area contributed by atoms with Crippen molar-refractivity contribution in [2.24, 2.45) is 0 Å². The number of carbonyl (C=O) groups excluding carboxylic acids is 1. The molecule has 1 aromatic heterocycles. The monoisotopic (exact) mass is 356 g/mol. The smallest absolute Gasteiger partial charge is 0.267 e. The van der Waals surface area contributed by atoms with Crippen LogP contribution in [0.3, 0.4) is 0 Å². The van der Waals surface area contributed by atoms with Crippen molar-refractivity contribution in [3.05, 3.63) is 64.4 Å². The summed E-state index contributed by atoms with van der Waals surface area (Å²) in [6, 6.07) is 12.7. The van der Waals surface area contributed by atoms with E-state index in [0.29, 0.717) is 11.5 Å². The standard InChI is InChI=1S/C16H13BrN4O/c1-11-2-5-14(6-3-11)21-16(22)12(8-18)9-19-15-7-4-13(17)10-20-15/h2-7,9-10H,1H3,(H,19,20)(H,21,22)/b12-9-. The fourth-order valence-electron chi connectivity index (χ4n) is 1.59. The maximum Gasteiger partial charge on any atom is 0.267 e. The van der Waals surface area contributed by atoms with Crippen molar-refractivity contribution in [3.63, 3.8) is 0 Å². The summed E-state index contributed by atoms with van der Waals surface area (Å²) in [5, 5.41) is 14.6. The van der Waals surface area contributed by atoms with E-state index in [1.54, 1.807) is 24.4 Å². The number of halogens is 1. The molecule has 1 aromatic carbocycles. The van der Waals surface area contributed by atoms with Crippen molar-refractivity contribution < 1.29 is 4.79 Å². The minimum atomic E-state index is -0.476. The molecule has 2 aromatic rings. The van der Waals surface area contributed by atoms with Gasteiger partial charge in [-0.15, -0.1) is 0 Å². The Morgan fingerprint density at radius 1 is 1.27 bits per heavy atom. The number of benzene rings is 1. The average molecular weight is 357 g/mol. The number of hydrogen-bond donors (Lipinski definition) is 2. The molecule has 1 heterocycles. The number of aromatic nitrogens is 1. The molecule has 0 saturated carbocycles. The van der Waals surface area contributed by atoms with E-state index in [2.05, 4.69) is 31.5 Å². The molecule has 0 fully saturated rings. The van der Waals surface area contributed by atoms with Crippen LogP contribution in [0.5, 0.6) is 0 Å². The molecule has 0 atom stereocenters. The summed E-state index contributed by atoms with van der Waals surface area (Å²) in [5.41, 5.74) is 1.70. The van der Waals surface area contributed by atoms with E-state index < -0.39 is 5.91 Å². The molecule has 0 saturated heterocycles. The molecular formula is C16H13BrN4O. The molecule has 2 rings (SSSR count). The fourth-order valence-corrected chi connectivity index (χ4v) is 1.83. The summed E-state index contributed by atoms with van der Waals surface area (Å²) < 4.78 is 0.847. The summed E-state index contributed by atoms with van der Waals surface area (Å²) >= 11 is 3.28. The summed E-state index contributed by atoms with van der Waals surface area (Å²) in [4.78, 5) is 16.1. The van der Waals surface area contributed by atoms with E-state index in [1.165, 1.54) is 6.20 Å². The predicted octanol–water partition coefficient (Wildman–Crippen LogP) is 3.61. The number of nitrogens with zero attached hydrogens (tertiary/aromatic N) is 2. The maximum absolute atomic E-state index is 12.0. The molecule has 6 heteroatoms. The van der Waals surface area contributed by atoms with E-state index in [-0.39, 0.29) is 5.57 Å². The molecule has 0 aliphatic heterocycles. The van der Waals surface area contributed by atoms with Crippen LogP contribution in [-0.4, -0.2) is 10.9 Å². The molecule has 110 valence electrons. The highest BCUT2D eigenvalue weighted by molar-refractivity contribution is 9.10. The highest BCUT2D eigenvalue weighted by atomic mass is 79.9. The third-order valence-corrected chi connectivity index (χ3v) is 3.24. The Morgan fingerprint density at radius 2 is 2.00 bits per heavy atom. The van der Waals surface area contributed by atoms with Crippen molar-refractivity contribution >= 4 is 33.3 Å². The number of nitrogens with one attached hydrogen (secondary N) is 2. The van der Waals surface area contributed by atoms with E-state index in [1.807, 2.05) is 31.2 Å². The minimum absolute atomic E-state index is 0.0368. The summed E-state index contributed by atoms with van der Waals surface area (Å²) in [7, 11) is 0. The lowest BCUT2D eigenvalue weighted by molar-refractivity contribution is -0.112. The van der Waals surface area contributed by atoms with Gasteiger partial charge < -0.3 is 10.6 Å². The third kappa shape index (κ3) is 4.43. The van der Waals surface area contributed by atoms with E-state index in [0.717, 1.165) is 10.0 Å². The highest BCUT2D eigenvalue weighted by Gasteiger charge is 2.09. The number of aryl methyl sites for hydroxylation is 1. The van der Waals surface area contributed by atoms with Crippen LogP contribution in [-0.2, 0) is 4.79 Å². The van der Waals surface area contributed by atoms with Gasteiger partial charge in [0.15, 0.2) is 0 Å². The van der Waals surface area contributed by atoms with Crippen LogP contribution in [0.25, 0.3) is 0 Å². The molecule has 0 spiro atoms. The average Bonchev–Trinajstić information content (AvgIpc) is 2.52. The largest absolute Gasteiger partial charge is 0.345 e. The number of nitriles is 1. The van der Waals surface area contributed by atoms with Crippen molar-refractivity contribution in [2.75, 3.05) is 10.6 Å². The summed E-state index contributed by atoms with van der Waals surface area (Å²) in [6.45, 7) is 1.96. The normalized spacial score (nSPS) is 10.7. The first kappa shape index (κ1) is 15.7. The molecule has 2 N–H and O–H groups in total. The summed E-state index contributed by atoms with van der Waals surface area (Å²) in [5.74, 6) is 0.0649. The number of anilines is 2. The first-order chi connectivity index (χ1) is 10.6. The number of amides is 1. The van der Waals surface area contributed by atoms with E-state index >= 15 is 0 Å². The van der Waals surface area contributed by atoms with Gasteiger partial charge in [0.1, 0.15) is 17.5 Å². The molecule has 1 amide bonds. The lowest BCUT2D eigenvalue weighted by atomic mass is 10.2. The van der Waals surface area contributed by atoms with Crippen molar-refractivity contribution in [1.82, 2.24) is 4.98 Å². The number of pyridine rings is 1. The summed E-state index contributed by atoms with van der Waals surface area (Å²) in [6.07, 6.45) is 2.95. The lowest BCUT2D eigenvalue weighted by Crippen LogP contribution is -2.14. The number of carbonyl (C=O) groups is 1. The topological polar surface area (TPSA) is 77.8 Å². The van der Waals surface area contributed by atoms with Gasteiger partial charge in [0.25, 0.3) is 5.91 Å². The van der Waals surface area contributed by atoms with Crippen LogP contribution >= 0.6 is 15.9 Å². The van der Waals surface area contributed by atoms with Gasteiger partial charge in [0.05, 0.1) is 0 Å². The molecule has 0 bridgehead atoms. The first-order valence-electron chi connectivity index (χ1n) is 6.45. The lowest BCUT2D eigenvalue weighted by Gasteiger charge is -2.05. The van der Waals surface area contributed by atoms with Gasteiger partial charge in [-0.25, -0.2) is 4.98 Å². The fraction of sp³-hybridized carbons (Fsp3) is 0.0625. The number of rotatable bonds is 4. The Bertz CT molecular complexity index is 730. The second-order valence-electron chi connectivity index (χ2n) is 4.50. The van der Waals surface area contributed by atoms with Gasteiger partial charge in [-0.2, -0.15) is 5.26 Å². The zero-order valence-corrected chi connectivity index (χ0v) is 13.4. The highest BCUT2D eigenvalue weighted by Crippen LogP contribution is 2.12. The zero-order chi connectivity index (χ0) is 15.9. The van der Waals surface area contributed by atoms with Crippen molar-refractivity contribution in [1.29, 1.82) is 5.26 Å². The van der Waals surface area contributed by atoms with Gasteiger partial charge >= 0.3 is 0 Å². The quantitative estimate of drug-likeness (QED) is 0.647. The second kappa shape index (κ2) is 7.38. The Morgan fingerprint density at radius 3 is 2.59 bits per heavy atom. The number of hydrogen-bond acceptors (Lipinski definition) is 4. The van der Waals surface area contributed by atoms with Gasteiger partial charge in [-0.1, -0.05) is 17.7 Å². The van der Waals surface area contributed by atoms with Crippen LogP contribution in [0.4, 0.5) is 11.5 Å². The van der Waals surface area contributed by atoms with Crippen molar-refractivity contribution in [3.8, 4) is 6.07 Å². The minimum Gasteiger partial charge on any atom is -0.345 e. The van der Waals surface area contributed by atoms with Crippen LogP contribution in [0, 0.1) is 18.3 Å². The Hall–Kier alpha value is -2.65. The Balaban J connectivity index is 2.05. The molecule has 0 aliphatic carbocycles. The van der Waals surface area contributed by atoms with Gasteiger partial charge in [0, 0.05) is 22.6 Å². The SMILES string of the molecule is Cc1ccc(NC(=O)/C(C#N)=C\Nc2ccc(Br)cn2)cc1. The molecular weight excluding hydrogens is 344 g/mol. The molecule has 22 heavy (non-hydrogen) atoms. The Labute approximate surface area is 136 Å². The molecule has 0 aliphatic rings. The third-order valence-electron chi connectivity index (χ3n) is 2.77. The zero-order valence-electron chi connectivity index (χ0n) is 11.8. The second-order valence-corrected chi connectivity index (χ2v) is 5.41. The van der Waals surface area contributed by atoms with Crippen molar-refractivity contribution in [2.45, 2.75) is 6.92 Å². The van der Waals surface area contributed by atoms with Crippen LogP contribution in [0.1, 0.15) is 5.56 Å². The first-order valence-corrected chi connectivity index (χ1v) is 7.24. The van der Waals surface area contributed by atoms with Crippen LogP contribution < -0.4 is 10.6 Å². The molecule has 0 unspecified atom stereocenters. The van der Waals surface area contributed by atoms with Gasteiger partial charge in [-0.05, 0) is 47.1 Å². The van der Waals surface area contributed by atoms with E-state index in [4.69, 9.17) is 5.26 Å². The Kier molecular flexibility index (Phi) is 5.28.